The molecule has 0 spiro atoms. The smallest absolute Gasteiger partial charge is 0.224 e. The number of aromatic nitrogens is 1. The molecule has 1 aliphatic heterocycles. The van der Waals surface area contributed by atoms with Crippen molar-refractivity contribution in [2.75, 3.05) is 13.1 Å². The summed E-state index contributed by atoms with van der Waals surface area (Å²) in [6.45, 7) is 2.89. The number of halogens is 1. The number of pyridine rings is 1. The summed E-state index contributed by atoms with van der Waals surface area (Å²) < 4.78 is 1.03. The molecule has 126 valence electrons. The van der Waals surface area contributed by atoms with Crippen LogP contribution in [-0.2, 0) is 17.8 Å². The number of carbonyl (C=O) groups excluding carboxylic acids is 1. The molecule has 4 nitrogen and oxygen atoms in total. The van der Waals surface area contributed by atoms with Gasteiger partial charge < -0.3 is 5.32 Å². The van der Waals surface area contributed by atoms with Gasteiger partial charge in [0.25, 0.3) is 0 Å². The van der Waals surface area contributed by atoms with Gasteiger partial charge in [-0.1, -0.05) is 34.1 Å². The molecule has 0 unspecified atom stereocenters. The van der Waals surface area contributed by atoms with Crippen molar-refractivity contribution in [1.29, 1.82) is 0 Å². The summed E-state index contributed by atoms with van der Waals surface area (Å²) in [6.07, 6.45) is 4.28. The summed E-state index contributed by atoms with van der Waals surface area (Å²) in [5.41, 5.74) is 2.15. The number of benzene rings is 1. The first-order chi connectivity index (χ1) is 11.7. The predicted octanol–water partition coefficient (Wildman–Crippen LogP) is 3.17. The first kappa shape index (κ1) is 17.1. The van der Waals surface area contributed by atoms with Crippen molar-refractivity contribution < 1.29 is 4.79 Å². The summed E-state index contributed by atoms with van der Waals surface area (Å²) >= 11 is 3.41. The molecule has 0 saturated carbocycles. The van der Waals surface area contributed by atoms with Gasteiger partial charge in [-0.25, -0.2) is 0 Å². The molecular weight excluding hydrogens is 366 g/mol. The number of nitrogens with one attached hydrogen (secondary N) is 1. The Balaban J connectivity index is 1.41. The van der Waals surface area contributed by atoms with E-state index in [0.29, 0.717) is 6.42 Å². The van der Waals surface area contributed by atoms with E-state index in [1.165, 1.54) is 0 Å². The van der Waals surface area contributed by atoms with E-state index in [2.05, 4.69) is 37.2 Å². The third kappa shape index (κ3) is 5.14. The summed E-state index contributed by atoms with van der Waals surface area (Å²) in [6, 6.07) is 14.2. The summed E-state index contributed by atoms with van der Waals surface area (Å²) in [5.74, 6) is 0.112. The summed E-state index contributed by atoms with van der Waals surface area (Å²) in [5, 5.41) is 3.17. The Morgan fingerprint density at radius 1 is 1.17 bits per heavy atom. The highest BCUT2D eigenvalue weighted by Crippen LogP contribution is 2.14. The van der Waals surface area contributed by atoms with Crippen molar-refractivity contribution in [1.82, 2.24) is 15.2 Å². The first-order valence-corrected chi connectivity index (χ1v) is 9.14. The van der Waals surface area contributed by atoms with Crippen molar-refractivity contribution >= 4 is 21.8 Å². The highest BCUT2D eigenvalue weighted by atomic mass is 79.9. The minimum atomic E-state index is 0.112. The van der Waals surface area contributed by atoms with Crippen LogP contribution in [0.3, 0.4) is 0 Å². The van der Waals surface area contributed by atoms with Crippen LogP contribution in [0.25, 0.3) is 0 Å². The number of hydrogen-bond donors (Lipinski definition) is 1. The Hall–Kier alpha value is -1.72. The fourth-order valence-electron chi connectivity index (χ4n) is 3.02. The number of carbonyl (C=O) groups is 1. The molecule has 1 saturated heterocycles. The fraction of sp³-hybridized carbons (Fsp3) is 0.368. The van der Waals surface area contributed by atoms with E-state index in [0.717, 1.165) is 48.2 Å². The Morgan fingerprint density at radius 2 is 1.92 bits per heavy atom. The standard InChI is InChI=1S/C19H22BrN3O/c20-16-6-4-15(5-7-16)13-19(24)22-17-8-11-23(12-9-17)14-18-3-1-2-10-21-18/h1-7,10,17H,8-9,11-14H2,(H,22,24). The van der Waals surface area contributed by atoms with E-state index in [1.807, 2.05) is 42.6 Å². The minimum absolute atomic E-state index is 0.112. The highest BCUT2D eigenvalue weighted by Gasteiger charge is 2.20. The molecule has 1 N–H and O–H groups in total. The predicted molar refractivity (Wildman–Crippen MR) is 98.5 cm³/mol. The van der Waals surface area contributed by atoms with Crippen molar-refractivity contribution in [3.8, 4) is 0 Å². The molecule has 0 radical (unpaired) electrons. The minimum Gasteiger partial charge on any atom is -0.353 e. The molecule has 0 bridgehead atoms. The summed E-state index contributed by atoms with van der Waals surface area (Å²) in [4.78, 5) is 19.0. The van der Waals surface area contributed by atoms with Gasteiger partial charge in [0.2, 0.25) is 5.91 Å². The molecule has 1 amide bonds. The number of rotatable bonds is 5. The van der Waals surface area contributed by atoms with Crippen molar-refractivity contribution in [2.24, 2.45) is 0 Å². The topological polar surface area (TPSA) is 45.2 Å². The molecule has 1 aromatic heterocycles. The number of nitrogens with zero attached hydrogens (tertiary/aromatic N) is 2. The van der Waals surface area contributed by atoms with Gasteiger partial charge in [0.15, 0.2) is 0 Å². The number of likely N-dealkylation sites (tertiary alicyclic amines) is 1. The van der Waals surface area contributed by atoms with Crippen LogP contribution in [-0.4, -0.2) is 34.9 Å². The Kier molecular flexibility index (Phi) is 5.99. The quantitative estimate of drug-likeness (QED) is 0.856. The third-order valence-electron chi connectivity index (χ3n) is 4.34. The zero-order valence-corrected chi connectivity index (χ0v) is 15.2. The van der Waals surface area contributed by atoms with Crippen LogP contribution < -0.4 is 5.32 Å². The van der Waals surface area contributed by atoms with Crippen LogP contribution in [0.15, 0.2) is 53.1 Å². The third-order valence-corrected chi connectivity index (χ3v) is 4.87. The van der Waals surface area contributed by atoms with Gasteiger partial charge >= 0.3 is 0 Å². The van der Waals surface area contributed by atoms with E-state index < -0.39 is 0 Å². The molecular formula is C19H22BrN3O. The van der Waals surface area contributed by atoms with Crippen LogP contribution in [0, 0.1) is 0 Å². The highest BCUT2D eigenvalue weighted by molar-refractivity contribution is 9.10. The van der Waals surface area contributed by atoms with Crippen molar-refractivity contribution in [2.45, 2.75) is 31.8 Å². The molecule has 0 atom stereocenters. The Bertz CT molecular complexity index is 652. The van der Waals surface area contributed by atoms with Crippen molar-refractivity contribution in [3.63, 3.8) is 0 Å². The lowest BCUT2D eigenvalue weighted by Crippen LogP contribution is -2.44. The largest absolute Gasteiger partial charge is 0.353 e. The van der Waals surface area contributed by atoms with Gasteiger partial charge in [0.1, 0.15) is 0 Å². The maximum Gasteiger partial charge on any atom is 0.224 e. The Morgan fingerprint density at radius 3 is 2.58 bits per heavy atom. The van der Waals surface area contributed by atoms with Gasteiger partial charge in [0, 0.05) is 36.3 Å². The van der Waals surface area contributed by atoms with Gasteiger partial charge in [-0.05, 0) is 42.7 Å². The average Bonchev–Trinajstić information content (AvgIpc) is 2.60. The number of piperidine rings is 1. The monoisotopic (exact) mass is 387 g/mol. The van der Waals surface area contributed by atoms with E-state index in [9.17, 15) is 4.79 Å². The van der Waals surface area contributed by atoms with Gasteiger partial charge in [-0.15, -0.1) is 0 Å². The molecule has 1 aromatic carbocycles. The van der Waals surface area contributed by atoms with E-state index in [-0.39, 0.29) is 11.9 Å². The van der Waals surface area contributed by atoms with Crippen LogP contribution in [0.1, 0.15) is 24.1 Å². The molecule has 5 heteroatoms. The lowest BCUT2D eigenvalue weighted by molar-refractivity contribution is -0.121. The van der Waals surface area contributed by atoms with E-state index in [1.54, 1.807) is 0 Å². The molecule has 3 rings (SSSR count). The van der Waals surface area contributed by atoms with Gasteiger partial charge in [0.05, 0.1) is 12.1 Å². The molecule has 1 aliphatic rings. The molecule has 2 aromatic rings. The maximum atomic E-state index is 12.2. The zero-order chi connectivity index (χ0) is 16.8. The molecule has 24 heavy (non-hydrogen) atoms. The maximum absolute atomic E-state index is 12.2. The van der Waals surface area contributed by atoms with E-state index in [4.69, 9.17) is 0 Å². The van der Waals surface area contributed by atoms with Crippen LogP contribution in [0.2, 0.25) is 0 Å². The summed E-state index contributed by atoms with van der Waals surface area (Å²) in [7, 11) is 0. The van der Waals surface area contributed by atoms with Crippen molar-refractivity contribution in [3.05, 3.63) is 64.4 Å². The Labute approximate surface area is 151 Å². The molecule has 1 fully saturated rings. The second-order valence-electron chi connectivity index (χ2n) is 6.24. The molecule has 0 aliphatic carbocycles. The fourth-order valence-corrected chi connectivity index (χ4v) is 3.29. The molecule has 2 heterocycles. The van der Waals surface area contributed by atoms with E-state index >= 15 is 0 Å². The normalized spacial score (nSPS) is 16.0. The second kappa shape index (κ2) is 8.40. The number of amides is 1. The van der Waals surface area contributed by atoms with Gasteiger partial charge in [-0.3, -0.25) is 14.7 Å². The second-order valence-corrected chi connectivity index (χ2v) is 7.16. The zero-order valence-electron chi connectivity index (χ0n) is 13.6. The van der Waals surface area contributed by atoms with Crippen LogP contribution in [0.5, 0.6) is 0 Å². The lowest BCUT2D eigenvalue weighted by Gasteiger charge is -2.32. The van der Waals surface area contributed by atoms with Gasteiger partial charge in [-0.2, -0.15) is 0 Å². The number of hydrogen-bond acceptors (Lipinski definition) is 3. The average molecular weight is 388 g/mol. The lowest BCUT2D eigenvalue weighted by atomic mass is 10.0. The van der Waals surface area contributed by atoms with Crippen LogP contribution in [0.4, 0.5) is 0 Å². The SMILES string of the molecule is O=C(Cc1ccc(Br)cc1)NC1CCN(Cc2ccccn2)CC1. The van der Waals surface area contributed by atoms with Crippen LogP contribution >= 0.6 is 15.9 Å². The first-order valence-electron chi connectivity index (χ1n) is 8.35.